The molecule has 5 rings (SSSR count). The molecule has 0 atom stereocenters. The SMILES string of the molecule is Cc1nc2cnccc2n1-c1ccc(C2=Nc3cc(Cl)c(Cl)cc3NC(=NCCCO)C2)cc1. The number of imidazole rings is 1. The van der Waals surface area contributed by atoms with Gasteiger partial charge in [0.1, 0.15) is 17.2 Å². The van der Waals surface area contributed by atoms with Crippen LogP contribution in [-0.4, -0.2) is 44.3 Å². The fourth-order valence-corrected chi connectivity index (χ4v) is 4.32. The maximum Gasteiger partial charge on any atom is 0.111 e. The van der Waals surface area contributed by atoms with Crippen molar-refractivity contribution >= 4 is 57.2 Å². The first-order chi connectivity index (χ1) is 16.5. The Hall–Kier alpha value is -3.26. The van der Waals surface area contributed by atoms with Gasteiger partial charge in [-0.2, -0.15) is 0 Å². The number of amidine groups is 1. The summed E-state index contributed by atoms with van der Waals surface area (Å²) in [4.78, 5) is 18.3. The van der Waals surface area contributed by atoms with Crippen LogP contribution >= 0.6 is 23.2 Å². The molecule has 0 bridgehead atoms. The van der Waals surface area contributed by atoms with Crippen molar-refractivity contribution in [3.63, 3.8) is 0 Å². The van der Waals surface area contributed by atoms with Gasteiger partial charge in [0, 0.05) is 31.5 Å². The van der Waals surface area contributed by atoms with Crippen LogP contribution in [0.3, 0.4) is 0 Å². The number of fused-ring (bicyclic) bond motifs is 2. The predicted octanol–water partition coefficient (Wildman–Crippen LogP) is 5.75. The first-order valence-electron chi connectivity index (χ1n) is 10.9. The summed E-state index contributed by atoms with van der Waals surface area (Å²) in [5.41, 5.74) is 6.16. The molecule has 172 valence electrons. The van der Waals surface area contributed by atoms with E-state index < -0.39 is 0 Å². The summed E-state index contributed by atoms with van der Waals surface area (Å²) in [5.74, 6) is 1.66. The average molecular weight is 493 g/mol. The number of aliphatic imine (C=N–C) groups is 2. The highest BCUT2D eigenvalue weighted by Crippen LogP contribution is 2.37. The largest absolute Gasteiger partial charge is 0.396 e. The molecule has 0 saturated heterocycles. The monoisotopic (exact) mass is 492 g/mol. The number of rotatable bonds is 5. The Morgan fingerprint density at radius 2 is 1.91 bits per heavy atom. The van der Waals surface area contributed by atoms with Crippen molar-refractivity contribution in [3.05, 3.63) is 76.3 Å². The second-order valence-corrected chi connectivity index (χ2v) is 8.77. The third-order valence-corrected chi connectivity index (χ3v) is 6.33. The summed E-state index contributed by atoms with van der Waals surface area (Å²) in [5, 5.41) is 13.4. The molecule has 0 saturated carbocycles. The minimum absolute atomic E-state index is 0.0929. The highest BCUT2D eigenvalue weighted by atomic mass is 35.5. The number of aromatic nitrogens is 3. The van der Waals surface area contributed by atoms with Gasteiger partial charge >= 0.3 is 0 Å². The van der Waals surface area contributed by atoms with Gasteiger partial charge in [0.25, 0.3) is 0 Å². The highest BCUT2D eigenvalue weighted by Gasteiger charge is 2.18. The number of aliphatic hydroxyl groups is 1. The van der Waals surface area contributed by atoms with Crippen LogP contribution in [0, 0.1) is 6.92 Å². The van der Waals surface area contributed by atoms with Gasteiger partial charge in [-0.05, 0) is 49.2 Å². The van der Waals surface area contributed by atoms with E-state index in [9.17, 15) is 0 Å². The first-order valence-corrected chi connectivity index (χ1v) is 11.7. The summed E-state index contributed by atoms with van der Waals surface area (Å²) in [6.45, 7) is 2.59. The molecule has 2 N–H and O–H groups in total. The molecule has 3 heterocycles. The highest BCUT2D eigenvalue weighted by molar-refractivity contribution is 6.42. The molecular formula is C25H22Cl2N6O. The topological polar surface area (TPSA) is 87.7 Å². The van der Waals surface area contributed by atoms with Crippen molar-refractivity contribution in [1.82, 2.24) is 14.5 Å². The molecular weight excluding hydrogens is 471 g/mol. The van der Waals surface area contributed by atoms with Gasteiger partial charge < -0.3 is 10.4 Å². The van der Waals surface area contributed by atoms with Crippen LogP contribution in [0.15, 0.2) is 64.8 Å². The van der Waals surface area contributed by atoms with Crippen LogP contribution in [0.5, 0.6) is 0 Å². The Labute approximate surface area is 206 Å². The van der Waals surface area contributed by atoms with Crippen molar-refractivity contribution in [2.24, 2.45) is 9.98 Å². The van der Waals surface area contributed by atoms with Gasteiger partial charge in [-0.25, -0.2) is 4.98 Å². The molecule has 1 aliphatic heterocycles. The second kappa shape index (κ2) is 9.54. The molecule has 2 aromatic carbocycles. The average Bonchev–Trinajstić information content (AvgIpc) is 3.07. The Bertz CT molecular complexity index is 1430. The van der Waals surface area contributed by atoms with E-state index in [0.717, 1.165) is 45.3 Å². The zero-order chi connectivity index (χ0) is 23.7. The third kappa shape index (κ3) is 4.42. The standard InChI is InChI=1S/C25H22Cl2N6O/c1-15-30-23-14-28-9-7-24(23)33(15)17-5-3-16(4-6-17)20-13-25(29-8-2-10-34)32-22-12-19(27)18(26)11-21(22)31-20/h3-7,9,11-12,14,34H,2,8,10,13H2,1H3,(H,29,32). The van der Waals surface area contributed by atoms with E-state index in [0.29, 0.717) is 35.1 Å². The summed E-state index contributed by atoms with van der Waals surface area (Å²) in [7, 11) is 0. The number of nitrogens with zero attached hydrogens (tertiary/aromatic N) is 5. The summed E-state index contributed by atoms with van der Waals surface area (Å²) >= 11 is 12.5. The number of aliphatic hydroxyl groups excluding tert-OH is 1. The normalized spacial score (nSPS) is 14.6. The predicted molar refractivity (Wildman–Crippen MR) is 139 cm³/mol. The number of aryl methyl sites for hydroxylation is 1. The van der Waals surface area contributed by atoms with Crippen LogP contribution in [0.2, 0.25) is 10.0 Å². The Morgan fingerprint density at radius 1 is 1.12 bits per heavy atom. The first kappa shape index (κ1) is 22.5. The fourth-order valence-electron chi connectivity index (χ4n) is 4.00. The third-order valence-electron chi connectivity index (χ3n) is 5.61. The molecule has 1 aliphatic rings. The quantitative estimate of drug-likeness (QED) is 0.347. The van der Waals surface area contributed by atoms with Crippen molar-refractivity contribution in [2.45, 2.75) is 19.8 Å². The van der Waals surface area contributed by atoms with Gasteiger partial charge in [0.15, 0.2) is 0 Å². The van der Waals surface area contributed by atoms with E-state index in [1.807, 2.05) is 13.0 Å². The van der Waals surface area contributed by atoms with E-state index in [1.165, 1.54) is 0 Å². The number of hydrogen-bond acceptors (Lipinski definition) is 5. The Balaban J connectivity index is 1.54. The number of anilines is 1. The van der Waals surface area contributed by atoms with E-state index >= 15 is 0 Å². The molecule has 0 amide bonds. The van der Waals surface area contributed by atoms with Gasteiger partial charge in [-0.15, -0.1) is 0 Å². The van der Waals surface area contributed by atoms with Crippen molar-refractivity contribution in [2.75, 3.05) is 18.5 Å². The van der Waals surface area contributed by atoms with Gasteiger partial charge in [0.05, 0.1) is 38.8 Å². The molecule has 0 radical (unpaired) electrons. The molecule has 7 nitrogen and oxygen atoms in total. The molecule has 0 aliphatic carbocycles. The maximum atomic E-state index is 9.14. The number of halogens is 2. The van der Waals surface area contributed by atoms with Gasteiger partial charge in [-0.1, -0.05) is 35.3 Å². The second-order valence-electron chi connectivity index (χ2n) is 7.96. The number of nitrogens with one attached hydrogen (secondary N) is 1. The minimum Gasteiger partial charge on any atom is -0.396 e. The van der Waals surface area contributed by atoms with E-state index in [-0.39, 0.29) is 6.61 Å². The lowest BCUT2D eigenvalue weighted by atomic mass is 10.1. The lowest BCUT2D eigenvalue weighted by Crippen LogP contribution is -2.16. The molecule has 34 heavy (non-hydrogen) atoms. The van der Waals surface area contributed by atoms with Crippen LogP contribution < -0.4 is 5.32 Å². The van der Waals surface area contributed by atoms with Crippen LogP contribution in [0.4, 0.5) is 11.4 Å². The lowest BCUT2D eigenvalue weighted by molar-refractivity contribution is 0.291. The summed E-state index contributed by atoms with van der Waals surface area (Å²) in [6.07, 6.45) is 4.64. The number of benzene rings is 2. The number of hydrogen-bond donors (Lipinski definition) is 2. The van der Waals surface area contributed by atoms with E-state index in [1.54, 1.807) is 24.5 Å². The van der Waals surface area contributed by atoms with Crippen molar-refractivity contribution in [1.29, 1.82) is 0 Å². The van der Waals surface area contributed by atoms with Crippen molar-refractivity contribution in [3.8, 4) is 5.69 Å². The van der Waals surface area contributed by atoms with Crippen LogP contribution in [0.1, 0.15) is 24.2 Å². The summed E-state index contributed by atoms with van der Waals surface area (Å²) < 4.78 is 2.11. The molecule has 0 spiro atoms. The van der Waals surface area contributed by atoms with Crippen molar-refractivity contribution < 1.29 is 5.11 Å². The lowest BCUT2D eigenvalue weighted by Gasteiger charge is -2.11. The molecule has 4 aromatic rings. The smallest absolute Gasteiger partial charge is 0.111 e. The summed E-state index contributed by atoms with van der Waals surface area (Å²) in [6, 6.07) is 13.7. The van der Waals surface area contributed by atoms with Crippen LogP contribution in [-0.2, 0) is 0 Å². The zero-order valence-electron chi connectivity index (χ0n) is 18.5. The van der Waals surface area contributed by atoms with Gasteiger partial charge in [-0.3, -0.25) is 19.5 Å². The maximum absolute atomic E-state index is 9.14. The molecule has 9 heteroatoms. The number of pyridine rings is 1. The Kier molecular flexibility index (Phi) is 6.32. The zero-order valence-corrected chi connectivity index (χ0v) is 20.0. The van der Waals surface area contributed by atoms with Gasteiger partial charge in [0.2, 0.25) is 0 Å². The van der Waals surface area contributed by atoms with E-state index in [2.05, 4.69) is 49.1 Å². The molecule has 0 unspecified atom stereocenters. The molecule has 0 fully saturated rings. The Morgan fingerprint density at radius 3 is 2.71 bits per heavy atom. The minimum atomic E-state index is 0.0929. The van der Waals surface area contributed by atoms with E-state index in [4.69, 9.17) is 33.3 Å². The van der Waals surface area contributed by atoms with Crippen LogP contribution in [0.25, 0.3) is 16.7 Å². The fraction of sp³-hybridized carbons (Fsp3) is 0.200. The molecule has 2 aromatic heterocycles.